The SMILES string of the molecule is CN=C(NCc1coc(-c2cccs2)n1)NCC1CCC1. The highest BCUT2D eigenvalue weighted by molar-refractivity contribution is 7.13. The Balaban J connectivity index is 1.49. The van der Waals surface area contributed by atoms with Crippen LogP contribution in [0.3, 0.4) is 0 Å². The van der Waals surface area contributed by atoms with Crippen LogP contribution in [0, 0.1) is 5.92 Å². The van der Waals surface area contributed by atoms with Crippen LogP contribution in [0.25, 0.3) is 10.8 Å². The van der Waals surface area contributed by atoms with E-state index in [1.165, 1.54) is 19.3 Å². The van der Waals surface area contributed by atoms with Gasteiger partial charge in [-0.3, -0.25) is 4.99 Å². The number of hydrogen-bond donors (Lipinski definition) is 2. The van der Waals surface area contributed by atoms with E-state index in [0.29, 0.717) is 12.4 Å². The summed E-state index contributed by atoms with van der Waals surface area (Å²) in [5.41, 5.74) is 0.880. The largest absolute Gasteiger partial charge is 0.443 e. The molecule has 2 aromatic rings. The molecule has 0 saturated heterocycles. The molecule has 1 aliphatic carbocycles. The van der Waals surface area contributed by atoms with E-state index in [1.807, 2.05) is 17.5 Å². The second-order valence-corrected chi connectivity index (χ2v) is 6.17. The highest BCUT2D eigenvalue weighted by Gasteiger charge is 2.17. The molecule has 2 heterocycles. The molecule has 21 heavy (non-hydrogen) atoms. The average molecular weight is 304 g/mol. The van der Waals surface area contributed by atoms with Gasteiger partial charge in [-0.15, -0.1) is 11.3 Å². The molecule has 0 radical (unpaired) electrons. The van der Waals surface area contributed by atoms with Gasteiger partial charge in [0.2, 0.25) is 5.89 Å². The van der Waals surface area contributed by atoms with Crippen molar-refractivity contribution in [2.45, 2.75) is 25.8 Å². The van der Waals surface area contributed by atoms with Gasteiger partial charge in [0.1, 0.15) is 6.26 Å². The van der Waals surface area contributed by atoms with Crippen molar-refractivity contribution in [3.05, 3.63) is 29.5 Å². The first-order valence-electron chi connectivity index (χ1n) is 7.28. The second-order valence-electron chi connectivity index (χ2n) is 5.22. The number of thiophene rings is 1. The number of aliphatic imine (C=N–C) groups is 1. The quantitative estimate of drug-likeness (QED) is 0.658. The van der Waals surface area contributed by atoms with Gasteiger partial charge in [-0.2, -0.15) is 0 Å². The molecule has 0 aromatic carbocycles. The monoisotopic (exact) mass is 304 g/mol. The number of nitrogens with zero attached hydrogens (tertiary/aromatic N) is 2. The second kappa shape index (κ2) is 6.76. The third-order valence-electron chi connectivity index (χ3n) is 3.73. The minimum atomic E-state index is 0.610. The molecule has 0 bridgehead atoms. The molecule has 1 saturated carbocycles. The van der Waals surface area contributed by atoms with Crippen LogP contribution in [0.5, 0.6) is 0 Å². The Labute approximate surface area is 128 Å². The van der Waals surface area contributed by atoms with Crippen molar-refractivity contribution < 1.29 is 4.42 Å². The molecule has 112 valence electrons. The molecule has 5 nitrogen and oxygen atoms in total. The van der Waals surface area contributed by atoms with E-state index in [1.54, 1.807) is 24.6 Å². The molecule has 0 atom stereocenters. The summed E-state index contributed by atoms with van der Waals surface area (Å²) in [5, 5.41) is 8.64. The first kappa shape index (κ1) is 14.1. The summed E-state index contributed by atoms with van der Waals surface area (Å²) >= 11 is 1.63. The van der Waals surface area contributed by atoms with Crippen LogP contribution >= 0.6 is 11.3 Å². The Morgan fingerprint density at radius 3 is 3.05 bits per heavy atom. The molecule has 0 amide bonds. The Hall–Kier alpha value is -1.82. The van der Waals surface area contributed by atoms with Crippen LogP contribution in [0.1, 0.15) is 25.0 Å². The maximum atomic E-state index is 5.50. The summed E-state index contributed by atoms with van der Waals surface area (Å²) in [4.78, 5) is 9.76. The molecule has 2 aromatic heterocycles. The lowest BCUT2D eigenvalue weighted by molar-refractivity contribution is 0.314. The zero-order valence-electron chi connectivity index (χ0n) is 12.1. The molecule has 3 rings (SSSR count). The Morgan fingerprint density at radius 1 is 1.48 bits per heavy atom. The first-order valence-corrected chi connectivity index (χ1v) is 8.16. The van der Waals surface area contributed by atoms with E-state index in [9.17, 15) is 0 Å². The van der Waals surface area contributed by atoms with Gasteiger partial charge < -0.3 is 15.1 Å². The standard InChI is InChI=1S/C15H20N4OS/c1-16-15(17-8-11-4-2-5-11)18-9-12-10-20-14(19-12)13-6-3-7-21-13/h3,6-7,10-11H,2,4-5,8-9H2,1H3,(H2,16,17,18). The van der Waals surface area contributed by atoms with Crippen LogP contribution < -0.4 is 10.6 Å². The summed E-state index contributed by atoms with van der Waals surface area (Å²) in [6.45, 7) is 1.61. The van der Waals surface area contributed by atoms with Crippen molar-refractivity contribution in [2.75, 3.05) is 13.6 Å². The summed E-state index contributed by atoms with van der Waals surface area (Å²) in [6, 6.07) is 4.00. The van der Waals surface area contributed by atoms with Crippen LogP contribution in [0.15, 0.2) is 33.2 Å². The van der Waals surface area contributed by atoms with E-state index in [2.05, 4.69) is 20.6 Å². The number of oxazole rings is 1. The van der Waals surface area contributed by atoms with Crippen molar-refractivity contribution in [3.63, 3.8) is 0 Å². The van der Waals surface area contributed by atoms with Gasteiger partial charge in [0.05, 0.1) is 17.1 Å². The van der Waals surface area contributed by atoms with Crippen LogP contribution in [0.4, 0.5) is 0 Å². The van der Waals surface area contributed by atoms with E-state index in [0.717, 1.165) is 29.0 Å². The maximum absolute atomic E-state index is 5.50. The number of guanidine groups is 1. The van der Waals surface area contributed by atoms with Gasteiger partial charge in [0.25, 0.3) is 0 Å². The average Bonchev–Trinajstić information content (AvgIpc) is 3.10. The summed E-state index contributed by atoms with van der Waals surface area (Å²) in [7, 11) is 1.79. The summed E-state index contributed by atoms with van der Waals surface area (Å²) in [6.07, 6.45) is 5.72. The zero-order valence-corrected chi connectivity index (χ0v) is 12.9. The van der Waals surface area contributed by atoms with Gasteiger partial charge in [-0.05, 0) is 30.2 Å². The molecule has 0 aliphatic heterocycles. The lowest BCUT2D eigenvalue weighted by atomic mass is 9.85. The van der Waals surface area contributed by atoms with Crippen LogP contribution in [-0.2, 0) is 6.54 Å². The third kappa shape index (κ3) is 3.64. The molecule has 1 aliphatic rings. The topological polar surface area (TPSA) is 62.5 Å². The lowest BCUT2D eigenvalue weighted by Gasteiger charge is -2.26. The van der Waals surface area contributed by atoms with Crippen molar-refractivity contribution in [1.82, 2.24) is 15.6 Å². The Bertz CT molecular complexity index is 587. The molecule has 1 fully saturated rings. The fourth-order valence-electron chi connectivity index (χ4n) is 2.23. The number of hydrogen-bond acceptors (Lipinski definition) is 4. The van der Waals surface area contributed by atoms with E-state index in [4.69, 9.17) is 4.42 Å². The minimum absolute atomic E-state index is 0.610. The van der Waals surface area contributed by atoms with Crippen molar-refractivity contribution in [3.8, 4) is 10.8 Å². The van der Waals surface area contributed by atoms with Gasteiger partial charge in [-0.25, -0.2) is 4.98 Å². The molecule has 0 unspecified atom stereocenters. The fraction of sp³-hybridized carbons (Fsp3) is 0.467. The van der Waals surface area contributed by atoms with E-state index in [-0.39, 0.29) is 0 Å². The van der Waals surface area contributed by atoms with Crippen LogP contribution in [0.2, 0.25) is 0 Å². The molecule has 6 heteroatoms. The van der Waals surface area contributed by atoms with Crippen molar-refractivity contribution in [2.24, 2.45) is 10.9 Å². The van der Waals surface area contributed by atoms with Gasteiger partial charge in [-0.1, -0.05) is 12.5 Å². The molecule has 2 N–H and O–H groups in total. The number of nitrogens with one attached hydrogen (secondary N) is 2. The molecular formula is C15H20N4OS. The Morgan fingerprint density at radius 2 is 2.38 bits per heavy atom. The number of aromatic nitrogens is 1. The van der Waals surface area contributed by atoms with E-state index >= 15 is 0 Å². The molecular weight excluding hydrogens is 284 g/mol. The van der Waals surface area contributed by atoms with Crippen LogP contribution in [-0.4, -0.2) is 24.5 Å². The van der Waals surface area contributed by atoms with Gasteiger partial charge >= 0.3 is 0 Å². The maximum Gasteiger partial charge on any atom is 0.236 e. The third-order valence-corrected chi connectivity index (χ3v) is 4.59. The highest BCUT2D eigenvalue weighted by atomic mass is 32.1. The van der Waals surface area contributed by atoms with Gasteiger partial charge in [0, 0.05) is 13.6 Å². The minimum Gasteiger partial charge on any atom is -0.443 e. The Kier molecular flexibility index (Phi) is 4.55. The zero-order chi connectivity index (χ0) is 14.5. The van der Waals surface area contributed by atoms with E-state index < -0.39 is 0 Å². The first-order chi connectivity index (χ1) is 10.3. The predicted molar refractivity (Wildman–Crippen MR) is 85.4 cm³/mol. The summed E-state index contributed by atoms with van der Waals surface area (Å²) in [5.74, 6) is 2.31. The normalized spacial score (nSPS) is 15.8. The van der Waals surface area contributed by atoms with Crippen molar-refractivity contribution >= 4 is 17.3 Å². The smallest absolute Gasteiger partial charge is 0.236 e. The lowest BCUT2D eigenvalue weighted by Crippen LogP contribution is -2.40. The number of rotatable bonds is 5. The fourth-order valence-corrected chi connectivity index (χ4v) is 2.89. The summed E-state index contributed by atoms with van der Waals surface area (Å²) < 4.78 is 5.50. The molecule has 0 spiro atoms. The predicted octanol–water partition coefficient (Wildman–Crippen LogP) is 2.87. The van der Waals surface area contributed by atoms with Crippen molar-refractivity contribution in [1.29, 1.82) is 0 Å². The van der Waals surface area contributed by atoms with Gasteiger partial charge in [0.15, 0.2) is 5.96 Å². The highest BCUT2D eigenvalue weighted by Crippen LogP contribution is 2.25.